The summed E-state index contributed by atoms with van der Waals surface area (Å²) in [6.45, 7) is 5.97. The number of fused-ring (bicyclic) bond motifs is 1. The lowest BCUT2D eigenvalue weighted by Gasteiger charge is -2.29. The fourth-order valence-electron chi connectivity index (χ4n) is 2.39. The summed E-state index contributed by atoms with van der Waals surface area (Å²) in [5.41, 5.74) is 1.86. The van der Waals surface area contributed by atoms with Crippen molar-refractivity contribution in [2.45, 2.75) is 13.3 Å². The molecule has 6 nitrogen and oxygen atoms in total. The molecule has 2 aromatic rings. The maximum atomic E-state index is 12.2. The third kappa shape index (κ3) is 1.85. The molecule has 2 amide bonds. The lowest BCUT2D eigenvalue weighted by Crippen LogP contribution is -2.47. The normalized spacial score (nSPS) is 15.6. The number of carbonyl (C=O) groups excluding carboxylic acids is 1. The van der Waals surface area contributed by atoms with Crippen LogP contribution in [0.15, 0.2) is 41.5 Å². The summed E-state index contributed by atoms with van der Waals surface area (Å²) < 4.78 is 1.80. The Bertz CT molecular complexity index is 778. The summed E-state index contributed by atoms with van der Waals surface area (Å²) in [5, 5.41) is 2.65. The number of aryl methyl sites for hydroxylation is 1. The van der Waals surface area contributed by atoms with E-state index in [0.717, 1.165) is 0 Å². The summed E-state index contributed by atoms with van der Waals surface area (Å²) in [6.07, 6.45) is 2.43. The summed E-state index contributed by atoms with van der Waals surface area (Å²) in [6, 6.07) is 5.10. The molecule has 1 N–H and O–H groups in total. The second-order valence-electron chi connectivity index (χ2n) is 4.72. The first-order chi connectivity index (χ1) is 9.58. The molecule has 0 atom stereocenters. The standard InChI is InChI=1S/C14H14N4O2/c1-9-6-8-18(14(20)15-9)12-10(2)17-7-4-3-5-11(17)16-13(12)19/h3-5,7H,1,6,8H2,2H3,(H,15,20). The van der Waals surface area contributed by atoms with Crippen LogP contribution < -0.4 is 15.8 Å². The van der Waals surface area contributed by atoms with Crippen molar-refractivity contribution in [1.29, 1.82) is 0 Å². The van der Waals surface area contributed by atoms with Gasteiger partial charge in [0.15, 0.2) is 0 Å². The molecule has 0 spiro atoms. The van der Waals surface area contributed by atoms with Gasteiger partial charge in [0, 0.05) is 24.9 Å². The molecule has 1 saturated heterocycles. The van der Waals surface area contributed by atoms with Gasteiger partial charge in [-0.25, -0.2) is 4.79 Å². The monoisotopic (exact) mass is 270 g/mol. The number of hydrogen-bond donors (Lipinski definition) is 1. The summed E-state index contributed by atoms with van der Waals surface area (Å²) in [4.78, 5) is 29.7. The van der Waals surface area contributed by atoms with E-state index < -0.39 is 5.56 Å². The lowest BCUT2D eigenvalue weighted by molar-refractivity contribution is 0.246. The Morgan fingerprint density at radius 2 is 2.15 bits per heavy atom. The first-order valence-electron chi connectivity index (χ1n) is 6.32. The lowest BCUT2D eigenvalue weighted by atomic mass is 10.2. The highest BCUT2D eigenvalue weighted by Gasteiger charge is 2.26. The van der Waals surface area contributed by atoms with E-state index in [4.69, 9.17) is 0 Å². The minimum absolute atomic E-state index is 0.318. The smallest absolute Gasteiger partial charge is 0.312 e. The van der Waals surface area contributed by atoms with Crippen LogP contribution in [0.4, 0.5) is 10.5 Å². The first kappa shape index (κ1) is 12.4. The van der Waals surface area contributed by atoms with Gasteiger partial charge in [-0.2, -0.15) is 4.98 Å². The molecule has 0 unspecified atom stereocenters. The van der Waals surface area contributed by atoms with Gasteiger partial charge in [0.05, 0.1) is 5.69 Å². The highest BCUT2D eigenvalue weighted by Crippen LogP contribution is 2.19. The molecular weight excluding hydrogens is 256 g/mol. The van der Waals surface area contributed by atoms with Crippen LogP contribution in [0.2, 0.25) is 0 Å². The van der Waals surface area contributed by atoms with Crippen LogP contribution in [0.25, 0.3) is 5.65 Å². The molecule has 0 saturated carbocycles. The zero-order valence-corrected chi connectivity index (χ0v) is 11.1. The highest BCUT2D eigenvalue weighted by molar-refractivity contribution is 5.94. The molecule has 20 heavy (non-hydrogen) atoms. The van der Waals surface area contributed by atoms with E-state index >= 15 is 0 Å². The van der Waals surface area contributed by atoms with Crippen LogP contribution in [0, 0.1) is 6.92 Å². The van der Waals surface area contributed by atoms with Crippen molar-refractivity contribution in [2.75, 3.05) is 11.4 Å². The number of amides is 2. The molecule has 3 rings (SSSR count). The van der Waals surface area contributed by atoms with E-state index in [0.29, 0.717) is 35.7 Å². The maximum absolute atomic E-state index is 12.2. The molecule has 1 aliphatic heterocycles. The van der Waals surface area contributed by atoms with Crippen molar-refractivity contribution < 1.29 is 4.79 Å². The molecule has 6 heteroatoms. The third-order valence-corrected chi connectivity index (χ3v) is 3.40. The van der Waals surface area contributed by atoms with Crippen LogP contribution in [0.1, 0.15) is 12.1 Å². The van der Waals surface area contributed by atoms with Gasteiger partial charge in [-0.3, -0.25) is 9.69 Å². The van der Waals surface area contributed by atoms with E-state index in [-0.39, 0.29) is 6.03 Å². The van der Waals surface area contributed by atoms with Crippen LogP contribution >= 0.6 is 0 Å². The van der Waals surface area contributed by atoms with Crippen LogP contribution in [0.3, 0.4) is 0 Å². The van der Waals surface area contributed by atoms with Crippen molar-refractivity contribution in [3.63, 3.8) is 0 Å². The topological polar surface area (TPSA) is 66.7 Å². The van der Waals surface area contributed by atoms with E-state index in [9.17, 15) is 9.59 Å². The van der Waals surface area contributed by atoms with Gasteiger partial charge in [-0.1, -0.05) is 12.6 Å². The Balaban J connectivity index is 2.19. The number of rotatable bonds is 1. The van der Waals surface area contributed by atoms with Gasteiger partial charge >= 0.3 is 6.03 Å². The number of hydrogen-bond acceptors (Lipinski definition) is 3. The SMILES string of the molecule is C=C1CCN(c2c(C)n3ccccc3nc2=O)C(=O)N1. The Kier molecular flexibility index (Phi) is 2.78. The number of anilines is 1. The maximum Gasteiger partial charge on any atom is 0.326 e. The molecule has 0 bridgehead atoms. The first-order valence-corrected chi connectivity index (χ1v) is 6.32. The summed E-state index contributed by atoms with van der Waals surface area (Å²) >= 11 is 0. The number of nitrogens with one attached hydrogen (secondary N) is 1. The Labute approximate surface area is 115 Å². The molecule has 3 heterocycles. The average Bonchev–Trinajstić information content (AvgIpc) is 2.41. The number of aromatic nitrogens is 2. The zero-order valence-electron chi connectivity index (χ0n) is 11.1. The minimum atomic E-state index is -0.392. The van der Waals surface area contributed by atoms with Crippen LogP contribution in [0.5, 0.6) is 0 Å². The largest absolute Gasteiger partial charge is 0.326 e. The quantitative estimate of drug-likeness (QED) is 0.852. The fraction of sp³-hybridized carbons (Fsp3) is 0.214. The Morgan fingerprint density at radius 3 is 2.90 bits per heavy atom. The van der Waals surface area contributed by atoms with Gasteiger partial charge in [0.2, 0.25) is 0 Å². The van der Waals surface area contributed by atoms with Gasteiger partial charge in [0.25, 0.3) is 5.56 Å². The summed E-state index contributed by atoms with van der Waals surface area (Å²) in [5.74, 6) is 0. The van der Waals surface area contributed by atoms with Crippen molar-refractivity contribution in [2.24, 2.45) is 0 Å². The van der Waals surface area contributed by atoms with Crippen molar-refractivity contribution in [1.82, 2.24) is 14.7 Å². The fourth-order valence-corrected chi connectivity index (χ4v) is 2.39. The number of nitrogens with zero attached hydrogens (tertiary/aromatic N) is 3. The minimum Gasteiger partial charge on any atom is -0.312 e. The molecular formula is C14H14N4O2. The molecule has 2 aromatic heterocycles. The second kappa shape index (κ2) is 4.48. The van der Waals surface area contributed by atoms with E-state index in [2.05, 4.69) is 16.9 Å². The number of pyridine rings is 1. The molecule has 1 fully saturated rings. The molecule has 0 aromatic carbocycles. The van der Waals surface area contributed by atoms with E-state index in [1.54, 1.807) is 10.5 Å². The Hall–Kier alpha value is -2.63. The third-order valence-electron chi connectivity index (χ3n) is 3.40. The highest BCUT2D eigenvalue weighted by atomic mass is 16.2. The Morgan fingerprint density at radius 1 is 1.35 bits per heavy atom. The van der Waals surface area contributed by atoms with E-state index in [1.807, 2.05) is 25.3 Å². The van der Waals surface area contributed by atoms with Gasteiger partial charge in [0.1, 0.15) is 11.3 Å². The number of carbonyl (C=O) groups is 1. The van der Waals surface area contributed by atoms with Crippen molar-refractivity contribution in [3.8, 4) is 0 Å². The zero-order chi connectivity index (χ0) is 14.3. The van der Waals surface area contributed by atoms with Gasteiger partial charge in [-0.05, 0) is 19.1 Å². The number of urea groups is 1. The average molecular weight is 270 g/mol. The molecule has 102 valence electrons. The van der Waals surface area contributed by atoms with Crippen molar-refractivity contribution >= 4 is 17.4 Å². The van der Waals surface area contributed by atoms with Crippen molar-refractivity contribution in [3.05, 3.63) is 52.7 Å². The van der Waals surface area contributed by atoms with Gasteiger partial charge < -0.3 is 9.72 Å². The van der Waals surface area contributed by atoms with Gasteiger partial charge in [-0.15, -0.1) is 0 Å². The van der Waals surface area contributed by atoms with Crippen LogP contribution in [-0.2, 0) is 0 Å². The second-order valence-corrected chi connectivity index (χ2v) is 4.72. The predicted octanol–water partition coefficient (Wildman–Crippen LogP) is 1.44. The predicted molar refractivity (Wildman–Crippen MR) is 75.8 cm³/mol. The molecule has 1 aliphatic rings. The summed E-state index contributed by atoms with van der Waals surface area (Å²) in [7, 11) is 0. The molecule has 0 radical (unpaired) electrons. The molecule has 0 aliphatic carbocycles. The van der Waals surface area contributed by atoms with E-state index in [1.165, 1.54) is 4.90 Å². The van der Waals surface area contributed by atoms with Crippen LogP contribution in [-0.4, -0.2) is 22.0 Å².